The van der Waals surface area contributed by atoms with Crippen molar-refractivity contribution in [1.82, 2.24) is 4.90 Å². The van der Waals surface area contributed by atoms with Crippen LogP contribution in [0.1, 0.15) is 25.3 Å². The molecule has 120 valence electrons. The molecule has 5 nitrogen and oxygen atoms in total. The lowest BCUT2D eigenvalue weighted by atomic mass is 9.97. The van der Waals surface area contributed by atoms with Gasteiger partial charge in [0, 0.05) is 13.1 Å². The Morgan fingerprint density at radius 1 is 1.18 bits per heavy atom. The average Bonchev–Trinajstić information content (AvgIpc) is 2.55. The molecule has 2 rings (SSSR count). The molecule has 0 aromatic heterocycles. The van der Waals surface area contributed by atoms with Gasteiger partial charge in [0.05, 0.1) is 13.0 Å². The number of piperidine rings is 1. The first-order valence-corrected chi connectivity index (χ1v) is 7.61. The molecule has 1 aliphatic heterocycles. The Morgan fingerprint density at radius 2 is 1.77 bits per heavy atom. The Kier molecular flexibility index (Phi) is 5.41. The van der Waals surface area contributed by atoms with Crippen molar-refractivity contribution in [2.75, 3.05) is 20.2 Å². The van der Waals surface area contributed by atoms with Crippen LogP contribution in [0.3, 0.4) is 0 Å². The van der Waals surface area contributed by atoms with Crippen molar-refractivity contribution < 1.29 is 19.1 Å². The van der Waals surface area contributed by atoms with Crippen LogP contribution >= 0.6 is 0 Å². The van der Waals surface area contributed by atoms with E-state index in [1.165, 1.54) is 7.11 Å². The second-order valence-corrected chi connectivity index (χ2v) is 5.70. The number of hydrogen-bond donors (Lipinski definition) is 0. The van der Waals surface area contributed by atoms with Crippen LogP contribution < -0.4 is 4.74 Å². The fourth-order valence-electron chi connectivity index (χ4n) is 2.63. The summed E-state index contributed by atoms with van der Waals surface area (Å²) >= 11 is 0. The van der Waals surface area contributed by atoms with E-state index in [1.54, 1.807) is 11.8 Å². The molecular formula is C17H23NO4. The Labute approximate surface area is 131 Å². The monoisotopic (exact) mass is 305 g/mol. The van der Waals surface area contributed by atoms with Gasteiger partial charge in [-0.25, -0.2) is 0 Å². The van der Waals surface area contributed by atoms with Crippen LogP contribution in [-0.4, -0.2) is 43.1 Å². The number of carbonyl (C=O) groups is 2. The normalized spacial score (nSPS) is 17.0. The maximum absolute atomic E-state index is 12.4. The largest absolute Gasteiger partial charge is 0.481 e. The number of benzene rings is 1. The molecule has 0 N–H and O–H groups in total. The second-order valence-electron chi connectivity index (χ2n) is 5.70. The molecule has 1 aromatic rings. The zero-order valence-electron chi connectivity index (χ0n) is 13.4. The summed E-state index contributed by atoms with van der Waals surface area (Å²) in [5, 5.41) is 0. The molecule has 1 atom stereocenters. The molecule has 1 unspecified atom stereocenters. The minimum Gasteiger partial charge on any atom is -0.481 e. The van der Waals surface area contributed by atoms with Crippen molar-refractivity contribution in [1.29, 1.82) is 0 Å². The average molecular weight is 305 g/mol. The molecule has 0 radical (unpaired) electrons. The molecule has 1 saturated heterocycles. The number of likely N-dealkylation sites (tertiary alicyclic amines) is 1. The van der Waals surface area contributed by atoms with Crippen molar-refractivity contribution >= 4 is 11.9 Å². The maximum atomic E-state index is 12.4. The van der Waals surface area contributed by atoms with E-state index in [1.807, 2.05) is 31.2 Å². The van der Waals surface area contributed by atoms with Crippen molar-refractivity contribution in [3.8, 4) is 5.75 Å². The number of nitrogens with zero attached hydrogens (tertiary/aromatic N) is 1. The maximum Gasteiger partial charge on any atom is 0.308 e. The van der Waals surface area contributed by atoms with E-state index in [9.17, 15) is 9.59 Å². The summed E-state index contributed by atoms with van der Waals surface area (Å²) in [4.78, 5) is 25.7. The SMILES string of the molecule is COC(=O)C1CCN(C(=O)C(C)Oc2ccc(C)cc2)CC1. The Balaban J connectivity index is 1.86. The third-order valence-electron chi connectivity index (χ3n) is 4.02. The van der Waals surface area contributed by atoms with Gasteiger partial charge in [0.25, 0.3) is 5.91 Å². The van der Waals surface area contributed by atoms with Crippen LogP contribution in [0.15, 0.2) is 24.3 Å². The summed E-state index contributed by atoms with van der Waals surface area (Å²) in [6, 6.07) is 7.63. The van der Waals surface area contributed by atoms with Crippen molar-refractivity contribution in [2.24, 2.45) is 5.92 Å². The predicted octanol–water partition coefficient (Wildman–Crippen LogP) is 2.17. The summed E-state index contributed by atoms with van der Waals surface area (Å²) in [5.41, 5.74) is 1.15. The molecule has 0 saturated carbocycles. The zero-order valence-corrected chi connectivity index (χ0v) is 13.4. The third-order valence-corrected chi connectivity index (χ3v) is 4.02. The number of ether oxygens (including phenoxy) is 2. The molecule has 0 bridgehead atoms. The van der Waals surface area contributed by atoms with Gasteiger partial charge in [0.15, 0.2) is 6.10 Å². The highest BCUT2D eigenvalue weighted by molar-refractivity contribution is 5.81. The number of aryl methyl sites for hydroxylation is 1. The number of esters is 1. The minimum absolute atomic E-state index is 0.0381. The van der Waals surface area contributed by atoms with E-state index in [0.717, 1.165) is 5.56 Å². The van der Waals surface area contributed by atoms with E-state index >= 15 is 0 Å². The molecule has 0 aliphatic carbocycles. The van der Waals surface area contributed by atoms with Gasteiger partial charge < -0.3 is 14.4 Å². The highest BCUT2D eigenvalue weighted by Gasteiger charge is 2.30. The van der Waals surface area contributed by atoms with Gasteiger partial charge in [-0.2, -0.15) is 0 Å². The van der Waals surface area contributed by atoms with E-state index < -0.39 is 6.10 Å². The molecular weight excluding hydrogens is 282 g/mol. The quantitative estimate of drug-likeness (QED) is 0.800. The third kappa shape index (κ3) is 4.00. The Bertz CT molecular complexity index is 518. The first-order valence-electron chi connectivity index (χ1n) is 7.61. The van der Waals surface area contributed by atoms with E-state index in [-0.39, 0.29) is 17.8 Å². The summed E-state index contributed by atoms with van der Waals surface area (Å²) in [7, 11) is 1.40. The van der Waals surface area contributed by atoms with Crippen LogP contribution in [0.25, 0.3) is 0 Å². The number of rotatable bonds is 4. The summed E-state index contributed by atoms with van der Waals surface area (Å²) in [5.74, 6) is 0.373. The first-order chi connectivity index (χ1) is 10.5. The van der Waals surface area contributed by atoms with Gasteiger partial charge in [0.1, 0.15) is 5.75 Å². The fourth-order valence-corrected chi connectivity index (χ4v) is 2.63. The van der Waals surface area contributed by atoms with Crippen LogP contribution in [-0.2, 0) is 14.3 Å². The smallest absolute Gasteiger partial charge is 0.308 e. The fraction of sp³-hybridized carbons (Fsp3) is 0.529. The molecule has 5 heteroatoms. The van der Waals surface area contributed by atoms with E-state index in [4.69, 9.17) is 9.47 Å². The number of methoxy groups -OCH3 is 1. The highest BCUT2D eigenvalue weighted by Crippen LogP contribution is 2.20. The number of carbonyl (C=O) groups excluding carboxylic acids is 2. The first kappa shape index (κ1) is 16.3. The van der Waals surface area contributed by atoms with Gasteiger partial charge in [0.2, 0.25) is 0 Å². The van der Waals surface area contributed by atoms with Gasteiger partial charge in [-0.1, -0.05) is 17.7 Å². The summed E-state index contributed by atoms with van der Waals surface area (Å²) in [6.45, 7) is 4.90. The van der Waals surface area contributed by atoms with Crippen LogP contribution in [0, 0.1) is 12.8 Å². The predicted molar refractivity (Wildman–Crippen MR) is 82.6 cm³/mol. The molecule has 0 spiro atoms. The van der Waals surface area contributed by atoms with Gasteiger partial charge in [-0.15, -0.1) is 0 Å². The zero-order chi connectivity index (χ0) is 16.1. The second kappa shape index (κ2) is 7.29. The van der Waals surface area contributed by atoms with Crippen LogP contribution in [0.4, 0.5) is 0 Å². The van der Waals surface area contributed by atoms with E-state index in [2.05, 4.69) is 0 Å². The van der Waals surface area contributed by atoms with Gasteiger partial charge >= 0.3 is 5.97 Å². The molecule has 1 fully saturated rings. The summed E-state index contributed by atoms with van der Waals surface area (Å²) < 4.78 is 10.5. The number of hydrogen-bond acceptors (Lipinski definition) is 4. The molecule has 1 aliphatic rings. The van der Waals surface area contributed by atoms with Crippen molar-refractivity contribution in [2.45, 2.75) is 32.8 Å². The van der Waals surface area contributed by atoms with Gasteiger partial charge in [-0.05, 0) is 38.8 Å². The standard InChI is InChI=1S/C17H23NO4/c1-12-4-6-15(7-5-12)22-13(2)16(19)18-10-8-14(9-11-18)17(20)21-3/h4-7,13-14H,8-11H2,1-3H3. The highest BCUT2D eigenvalue weighted by atomic mass is 16.5. The van der Waals surface area contributed by atoms with Gasteiger partial charge in [-0.3, -0.25) is 9.59 Å². The lowest BCUT2D eigenvalue weighted by Gasteiger charge is -2.32. The molecule has 1 heterocycles. The van der Waals surface area contributed by atoms with Crippen LogP contribution in [0.5, 0.6) is 5.75 Å². The number of amides is 1. The molecule has 1 aromatic carbocycles. The molecule has 1 amide bonds. The van der Waals surface area contributed by atoms with E-state index in [0.29, 0.717) is 31.7 Å². The molecule has 22 heavy (non-hydrogen) atoms. The van der Waals surface area contributed by atoms with Crippen molar-refractivity contribution in [3.63, 3.8) is 0 Å². The Hall–Kier alpha value is -2.04. The minimum atomic E-state index is -0.530. The lowest BCUT2D eigenvalue weighted by molar-refractivity contribution is -0.150. The summed E-state index contributed by atoms with van der Waals surface area (Å²) in [6.07, 6.45) is 0.767. The topological polar surface area (TPSA) is 55.8 Å². The Morgan fingerprint density at radius 3 is 2.32 bits per heavy atom. The van der Waals surface area contributed by atoms with Crippen LogP contribution in [0.2, 0.25) is 0 Å². The van der Waals surface area contributed by atoms with Crippen molar-refractivity contribution in [3.05, 3.63) is 29.8 Å². The lowest BCUT2D eigenvalue weighted by Crippen LogP contribution is -2.45.